The van der Waals surface area contributed by atoms with Crippen molar-refractivity contribution in [3.8, 4) is 0 Å². The topological polar surface area (TPSA) is 58.2 Å². The predicted octanol–water partition coefficient (Wildman–Crippen LogP) is 2.90. The number of halogens is 1. The number of carbonyl (C=O) groups excluding carboxylic acids is 2. The van der Waals surface area contributed by atoms with Gasteiger partial charge in [-0.2, -0.15) is 0 Å². The van der Waals surface area contributed by atoms with Crippen molar-refractivity contribution in [2.75, 3.05) is 13.1 Å². The summed E-state index contributed by atoms with van der Waals surface area (Å²) in [6.07, 6.45) is 0.701. The van der Waals surface area contributed by atoms with Gasteiger partial charge >= 0.3 is 0 Å². The van der Waals surface area contributed by atoms with Gasteiger partial charge in [0.05, 0.1) is 4.88 Å². The number of carbonyl (C=O) groups is 2. The molecule has 0 atom stereocenters. The molecule has 0 saturated heterocycles. The molecule has 1 aromatic carbocycles. The molecule has 2 N–H and O–H groups in total. The van der Waals surface area contributed by atoms with Crippen LogP contribution in [0, 0.1) is 3.57 Å². The molecule has 0 aliphatic carbocycles. The van der Waals surface area contributed by atoms with E-state index in [9.17, 15) is 9.59 Å². The van der Waals surface area contributed by atoms with E-state index in [1.807, 2.05) is 29.6 Å². The van der Waals surface area contributed by atoms with Crippen molar-refractivity contribution in [1.82, 2.24) is 10.6 Å². The highest BCUT2D eigenvalue weighted by atomic mass is 127. The second-order valence-electron chi connectivity index (χ2n) is 4.35. The van der Waals surface area contributed by atoms with Gasteiger partial charge in [-0.1, -0.05) is 12.1 Å². The normalized spacial score (nSPS) is 10.1. The maximum Gasteiger partial charge on any atom is 0.261 e. The van der Waals surface area contributed by atoms with Crippen LogP contribution in [0.1, 0.15) is 26.5 Å². The molecule has 21 heavy (non-hydrogen) atoms. The third kappa shape index (κ3) is 5.13. The van der Waals surface area contributed by atoms with Crippen molar-refractivity contribution in [1.29, 1.82) is 0 Å². The third-order valence-electron chi connectivity index (χ3n) is 2.76. The summed E-state index contributed by atoms with van der Waals surface area (Å²) in [7, 11) is 0. The van der Waals surface area contributed by atoms with Gasteiger partial charge in [0.25, 0.3) is 11.8 Å². The van der Waals surface area contributed by atoms with Gasteiger partial charge in [0, 0.05) is 22.2 Å². The molecule has 2 rings (SSSR count). The van der Waals surface area contributed by atoms with Crippen LogP contribution in [0.3, 0.4) is 0 Å². The van der Waals surface area contributed by atoms with Gasteiger partial charge in [0.15, 0.2) is 0 Å². The largest absolute Gasteiger partial charge is 0.352 e. The second-order valence-corrected chi connectivity index (χ2v) is 6.55. The van der Waals surface area contributed by atoms with E-state index in [-0.39, 0.29) is 11.8 Å². The van der Waals surface area contributed by atoms with Crippen LogP contribution in [-0.4, -0.2) is 24.9 Å². The van der Waals surface area contributed by atoms with E-state index < -0.39 is 0 Å². The highest BCUT2D eigenvalue weighted by Crippen LogP contribution is 2.08. The molecule has 4 nitrogen and oxygen atoms in total. The fourth-order valence-electron chi connectivity index (χ4n) is 1.72. The number of amides is 2. The summed E-state index contributed by atoms with van der Waals surface area (Å²) in [5.74, 6) is -0.146. The van der Waals surface area contributed by atoms with Gasteiger partial charge in [-0.3, -0.25) is 9.59 Å². The molecule has 110 valence electrons. The molecule has 0 spiro atoms. The zero-order valence-corrected chi connectivity index (χ0v) is 14.2. The number of thiophene rings is 1. The van der Waals surface area contributed by atoms with Crippen LogP contribution in [0.15, 0.2) is 41.8 Å². The highest BCUT2D eigenvalue weighted by Gasteiger charge is 2.06. The molecule has 0 aliphatic rings. The predicted molar refractivity (Wildman–Crippen MR) is 92.8 cm³/mol. The number of hydrogen-bond acceptors (Lipinski definition) is 3. The monoisotopic (exact) mass is 414 g/mol. The van der Waals surface area contributed by atoms with Gasteiger partial charge in [0.2, 0.25) is 0 Å². The molecular weight excluding hydrogens is 399 g/mol. The molecule has 1 aromatic heterocycles. The fourth-order valence-corrected chi connectivity index (χ4v) is 2.90. The Balaban J connectivity index is 1.66. The number of hydrogen-bond donors (Lipinski definition) is 2. The Morgan fingerprint density at radius 1 is 1.05 bits per heavy atom. The Hall–Kier alpha value is -1.41. The van der Waals surface area contributed by atoms with Crippen LogP contribution in [0.4, 0.5) is 0 Å². The molecule has 0 fully saturated rings. The summed E-state index contributed by atoms with van der Waals surface area (Å²) in [4.78, 5) is 24.3. The van der Waals surface area contributed by atoms with E-state index in [0.29, 0.717) is 30.0 Å². The minimum atomic E-state index is -0.0851. The van der Waals surface area contributed by atoms with Crippen molar-refractivity contribution in [3.05, 3.63) is 55.8 Å². The van der Waals surface area contributed by atoms with E-state index in [2.05, 4.69) is 33.2 Å². The van der Waals surface area contributed by atoms with Gasteiger partial charge in [-0.25, -0.2) is 0 Å². The van der Waals surface area contributed by atoms with Crippen molar-refractivity contribution in [2.45, 2.75) is 6.42 Å². The number of rotatable bonds is 6. The van der Waals surface area contributed by atoms with Crippen LogP contribution in [0.5, 0.6) is 0 Å². The molecule has 0 aliphatic heterocycles. The number of nitrogens with one attached hydrogen (secondary N) is 2. The highest BCUT2D eigenvalue weighted by molar-refractivity contribution is 14.1. The molecule has 0 radical (unpaired) electrons. The van der Waals surface area contributed by atoms with Gasteiger partial charge in [0.1, 0.15) is 0 Å². The summed E-state index contributed by atoms with van der Waals surface area (Å²) in [5.41, 5.74) is 0.657. The first kappa shape index (κ1) is 16.0. The van der Waals surface area contributed by atoms with Crippen LogP contribution in [0.2, 0.25) is 0 Å². The van der Waals surface area contributed by atoms with E-state index in [0.717, 1.165) is 3.57 Å². The molecular formula is C15H15IN2O2S. The smallest absolute Gasteiger partial charge is 0.261 e. The van der Waals surface area contributed by atoms with Crippen molar-refractivity contribution < 1.29 is 9.59 Å². The molecule has 1 heterocycles. The zero-order chi connectivity index (χ0) is 15.1. The molecule has 0 unspecified atom stereocenters. The van der Waals surface area contributed by atoms with E-state index in [1.54, 1.807) is 12.1 Å². The molecule has 2 aromatic rings. The summed E-state index contributed by atoms with van der Waals surface area (Å²) in [6, 6.07) is 11.1. The standard InChI is InChI=1S/C15H15IN2O2S/c16-12-5-1-4-11(10-12)14(19)17-7-3-8-18-15(20)13-6-2-9-21-13/h1-2,4-6,9-10H,3,7-8H2,(H,17,19)(H,18,20). The fraction of sp³-hybridized carbons (Fsp3) is 0.200. The lowest BCUT2D eigenvalue weighted by molar-refractivity contribution is 0.0953. The Labute approximate surface area is 141 Å². The summed E-state index contributed by atoms with van der Waals surface area (Å²) < 4.78 is 1.03. The molecule has 6 heteroatoms. The summed E-state index contributed by atoms with van der Waals surface area (Å²) >= 11 is 3.59. The zero-order valence-electron chi connectivity index (χ0n) is 11.3. The Bertz CT molecular complexity index is 614. The van der Waals surface area contributed by atoms with Crippen LogP contribution < -0.4 is 10.6 Å². The van der Waals surface area contributed by atoms with Gasteiger partial charge in [-0.05, 0) is 58.7 Å². The van der Waals surface area contributed by atoms with E-state index >= 15 is 0 Å². The maximum absolute atomic E-state index is 11.9. The van der Waals surface area contributed by atoms with Crippen molar-refractivity contribution in [2.24, 2.45) is 0 Å². The lowest BCUT2D eigenvalue weighted by atomic mass is 10.2. The Kier molecular flexibility index (Phi) is 6.19. The molecule has 2 amide bonds. The first-order valence-electron chi connectivity index (χ1n) is 6.52. The van der Waals surface area contributed by atoms with Crippen LogP contribution >= 0.6 is 33.9 Å². The Morgan fingerprint density at radius 2 is 1.81 bits per heavy atom. The summed E-state index contributed by atoms with van der Waals surface area (Å²) in [5, 5.41) is 7.54. The first-order chi connectivity index (χ1) is 10.2. The lowest BCUT2D eigenvalue weighted by Crippen LogP contribution is -2.29. The maximum atomic E-state index is 11.9. The van der Waals surface area contributed by atoms with Crippen molar-refractivity contribution in [3.63, 3.8) is 0 Å². The van der Waals surface area contributed by atoms with Gasteiger partial charge in [-0.15, -0.1) is 11.3 Å². The van der Waals surface area contributed by atoms with E-state index in [1.165, 1.54) is 11.3 Å². The quantitative estimate of drug-likeness (QED) is 0.564. The Morgan fingerprint density at radius 3 is 2.48 bits per heavy atom. The molecule has 0 saturated carbocycles. The minimum Gasteiger partial charge on any atom is -0.352 e. The average Bonchev–Trinajstić information content (AvgIpc) is 3.00. The minimum absolute atomic E-state index is 0.0612. The summed E-state index contributed by atoms with van der Waals surface area (Å²) in [6.45, 7) is 1.08. The van der Waals surface area contributed by atoms with Crippen LogP contribution in [0.25, 0.3) is 0 Å². The third-order valence-corrected chi connectivity index (χ3v) is 4.30. The van der Waals surface area contributed by atoms with E-state index in [4.69, 9.17) is 0 Å². The lowest BCUT2D eigenvalue weighted by Gasteiger charge is -2.06. The van der Waals surface area contributed by atoms with Crippen LogP contribution in [-0.2, 0) is 0 Å². The second kappa shape index (κ2) is 8.14. The average molecular weight is 414 g/mol. The number of benzene rings is 1. The SMILES string of the molecule is O=C(NCCCNC(=O)c1cccs1)c1cccc(I)c1. The van der Waals surface area contributed by atoms with Crippen molar-refractivity contribution >= 4 is 45.7 Å². The first-order valence-corrected chi connectivity index (χ1v) is 8.48. The van der Waals surface area contributed by atoms with Gasteiger partial charge < -0.3 is 10.6 Å². The molecule has 0 bridgehead atoms.